The Hall–Kier alpha value is -7.70. The highest BCUT2D eigenvalue weighted by Crippen LogP contribution is 2.20. The van der Waals surface area contributed by atoms with E-state index in [4.69, 9.17) is 45.9 Å². The van der Waals surface area contributed by atoms with E-state index >= 15 is 0 Å². The number of hydrogen-bond donors (Lipinski definition) is 17. The molecule has 1 saturated heterocycles. The van der Waals surface area contributed by atoms with Crippen LogP contribution in [0.4, 0.5) is 0 Å². The van der Waals surface area contributed by atoms with E-state index in [0.29, 0.717) is 83.0 Å². The van der Waals surface area contributed by atoms with Crippen molar-refractivity contribution < 1.29 is 53.1 Å². The van der Waals surface area contributed by atoms with E-state index in [1.165, 1.54) is 11.8 Å². The summed E-state index contributed by atoms with van der Waals surface area (Å²) in [5.41, 5.74) is 45.5. The average Bonchev–Trinajstić information content (AvgIpc) is 4.20. The molecule has 25 N–H and O–H groups in total. The number of aliphatic imine (C=N–C) groups is 2. The second-order valence-corrected chi connectivity index (χ2v) is 21.6. The molecule has 0 spiro atoms. The minimum Gasteiger partial charge on any atom is -0.480 e. The van der Waals surface area contributed by atoms with Gasteiger partial charge in [-0.3, -0.25) is 53.1 Å². The summed E-state index contributed by atoms with van der Waals surface area (Å²) < 4.78 is 0. The minimum absolute atomic E-state index is 0.0364. The number of hydrogen-bond acceptors (Lipinski definition) is 16. The number of carboxylic acids is 1. The third-order valence-electron chi connectivity index (χ3n) is 13.9. The lowest BCUT2D eigenvalue weighted by Gasteiger charge is -2.29. The predicted octanol–water partition coefficient (Wildman–Crippen LogP) is -4.30. The summed E-state index contributed by atoms with van der Waals surface area (Å²) in [6, 6.07) is -1.80. The maximum atomic E-state index is 14.4. The van der Waals surface area contributed by atoms with Gasteiger partial charge in [0.15, 0.2) is 11.9 Å². The summed E-state index contributed by atoms with van der Waals surface area (Å²) in [7, 11) is 0. The highest BCUT2D eigenvalue weighted by atomic mass is 16.4. The number of nitrogens with zero attached hydrogens (tertiary/aromatic N) is 3. The molecule has 30 nitrogen and oxygen atoms in total. The number of carboxylic acid groups (broad SMARTS) is 1. The average molecular weight is 1200 g/mol. The number of aliphatic carboxylic acids is 1. The summed E-state index contributed by atoms with van der Waals surface area (Å²) in [5.74, 6) is -8.27. The number of amides is 9. The van der Waals surface area contributed by atoms with Gasteiger partial charge >= 0.3 is 5.97 Å². The fourth-order valence-corrected chi connectivity index (χ4v) is 9.26. The van der Waals surface area contributed by atoms with Gasteiger partial charge in [0.05, 0.1) is 12.6 Å². The first kappa shape index (κ1) is 73.4. The number of guanidine groups is 2. The first-order valence-corrected chi connectivity index (χ1v) is 29.4. The van der Waals surface area contributed by atoms with Gasteiger partial charge in [-0.1, -0.05) is 50.6 Å². The van der Waals surface area contributed by atoms with Crippen LogP contribution < -0.4 is 88.4 Å². The Balaban J connectivity index is 2.31. The summed E-state index contributed by atoms with van der Waals surface area (Å²) >= 11 is 0. The van der Waals surface area contributed by atoms with Gasteiger partial charge in [-0.15, -0.1) is 0 Å². The van der Waals surface area contributed by atoms with E-state index in [1.807, 2.05) is 13.8 Å². The molecule has 1 fully saturated rings. The highest BCUT2D eigenvalue weighted by molar-refractivity contribution is 5.98. The van der Waals surface area contributed by atoms with E-state index in [1.54, 1.807) is 30.3 Å². The Labute approximate surface area is 497 Å². The first-order chi connectivity index (χ1) is 40.4. The van der Waals surface area contributed by atoms with Crippen LogP contribution in [0.15, 0.2) is 40.3 Å². The van der Waals surface area contributed by atoms with E-state index in [2.05, 4.69) is 52.5 Å². The molecule has 1 aromatic rings. The zero-order valence-corrected chi connectivity index (χ0v) is 49.6. The molecular formula is C55H97N19O11. The molecule has 0 aromatic heterocycles. The lowest BCUT2D eigenvalue weighted by atomic mass is 10.00. The zero-order valence-electron chi connectivity index (χ0n) is 49.6. The van der Waals surface area contributed by atoms with Gasteiger partial charge in [-0.05, 0) is 134 Å². The molecule has 9 atom stereocenters. The van der Waals surface area contributed by atoms with Crippen molar-refractivity contribution in [3.8, 4) is 0 Å². The number of rotatable bonds is 42. The third-order valence-corrected chi connectivity index (χ3v) is 13.9. The summed E-state index contributed by atoms with van der Waals surface area (Å²) in [6.07, 6.45) is 5.05. The molecule has 0 bridgehead atoms. The van der Waals surface area contributed by atoms with Gasteiger partial charge in [-0.2, -0.15) is 0 Å². The van der Waals surface area contributed by atoms with Crippen LogP contribution in [-0.4, -0.2) is 181 Å². The standard InChI is InChI=1S/C55H97N19O11/c1-33(2)30-41(49(80)69-37(19-8-11-25-57)46(77)66-32-44(75)68-38(21-13-27-64-54(60)61)48(79)71-40(53(84)85)22-14-28-65-55(62)63)73-50(81)42(31-35-16-5-4-6-17-35)72-45(76)34(3)67-47(78)39(20-9-12-26-58)70-51(82)43-23-15-29-74(43)52(83)36(59)18-7-10-24-56/h4-6,16-17,33-34,36-43H,7-15,18-32,56-59H2,1-3H3,(H,66,77)(H,67,78)(H,68,75)(H,69,80)(H,70,82)(H,71,79)(H,72,76)(H,73,81)(H,84,85)(H4,60,61,64)(H4,62,63,65)/t34-,36-,37-,38-,39-,40-,41-,42-,43-/m0/s1. The van der Waals surface area contributed by atoms with Crippen LogP contribution in [-0.2, 0) is 54.4 Å². The summed E-state index contributed by atoms with van der Waals surface area (Å²) in [4.78, 5) is 146. The van der Waals surface area contributed by atoms with Crippen molar-refractivity contribution in [2.75, 3.05) is 45.8 Å². The number of benzene rings is 1. The number of nitrogens with one attached hydrogen (secondary N) is 8. The minimum atomic E-state index is -1.37. The predicted molar refractivity (Wildman–Crippen MR) is 321 cm³/mol. The van der Waals surface area contributed by atoms with Crippen LogP contribution in [0.3, 0.4) is 0 Å². The van der Waals surface area contributed by atoms with Crippen molar-refractivity contribution in [2.24, 2.45) is 61.8 Å². The number of unbranched alkanes of at least 4 members (excludes halogenated alkanes) is 3. The summed E-state index contributed by atoms with van der Waals surface area (Å²) in [6.45, 7) is 5.90. The number of likely N-dealkylation sites (tertiary alicyclic amines) is 1. The monoisotopic (exact) mass is 1200 g/mol. The quantitative estimate of drug-likeness (QED) is 0.0167. The van der Waals surface area contributed by atoms with E-state index in [9.17, 15) is 53.1 Å². The van der Waals surface area contributed by atoms with Gasteiger partial charge in [-0.25, -0.2) is 4.79 Å². The van der Waals surface area contributed by atoms with Crippen molar-refractivity contribution in [3.63, 3.8) is 0 Å². The third kappa shape index (κ3) is 29.1. The Morgan fingerprint density at radius 3 is 1.59 bits per heavy atom. The smallest absolute Gasteiger partial charge is 0.326 e. The second-order valence-electron chi connectivity index (χ2n) is 21.6. The Morgan fingerprint density at radius 1 is 0.565 bits per heavy atom. The molecule has 30 heteroatoms. The maximum absolute atomic E-state index is 14.4. The maximum Gasteiger partial charge on any atom is 0.326 e. The molecule has 0 saturated carbocycles. The number of carbonyl (C=O) groups is 10. The normalized spacial score (nSPS) is 15.7. The van der Waals surface area contributed by atoms with Crippen LogP contribution in [0.5, 0.6) is 0 Å². The molecule has 1 aromatic carbocycles. The number of carbonyl (C=O) groups excluding carboxylic acids is 9. The van der Waals surface area contributed by atoms with Gasteiger partial charge in [0, 0.05) is 26.1 Å². The molecule has 2 rings (SSSR count). The number of nitrogens with two attached hydrogens (primary N) is 8. The molecule has 0 unspecified atom stereocenters. The summed E-state index contributed by atoms with van der Waals surface area (Å²) in [5, 5.41) is 30.9. The van der Waals surface area contributed by atoms with Crippen LogP contribution in [0.1, 0.15) is 129 Å². The van der Waals surface area contributed by atoms with Gasteiger partial charge in [0.25, 0.3) is 0 Å². The van der Waals surface area contributed by atoms with Crippen molar-refractivity contribution in [1.82, 2.24) is 47.4 Å². The Bertz CT molecular complexity index is 2360. The van der Waals surface area contributed by atoms with E-state index in [0.717, 1.165) is 0 Å². The molecular weight excluding hydrogens is 1100 g/mol. The fraction of sp³-hybridized carbons (Fsp3) is 0.673. The Kier molecular flexibility index (Phi) is 35.0. The SMILES string of the molecule is CC(C)C[C@H](NC(=O)[C@H](Cc1ccccc1)NC(=O)[C@H](C)NC(=O)[C@H](CCCCN)NC(=O)[C@@H]1CCCN1C(=O)[C@@H](N)CCCCN)C(=O)N[C@@H](CCCCN)C(=O)NCC(=O)N[C@@H](CCCN=C(N)N)C(=O)N[C@@H](CCCN=C(N)N)C(=O)O. The highest BCUT2D eigenvalue weighted by Gasteiger charge is 2.38. The Morgan fingerprint density at radius 2 is 1.04 bits per heavy atom. The molecule has 1 aliphatic heterocycles. The molecule has 478 valence electrons. The second kappa shape index (κ2) is 40.5. The molecule has 85 heavy (non-hydrogen) atoms. The van der Waals surface area contributed by atoms with Gasteiger partial charge in [0.2, 0.25) is 53.2 Å². The molecule has 1 aliphatic rings. The van der Waals surface area contributed by atoms with Gasteiger partial charge in [0.1, 0.15) is 48.3 Å². The lowest BCUT2D eigenvalue weighted by molar-refractivity contribution is -0.142. The van der Waals surface area contributed by atoms with Crippen LogP contribution in [0, 0.1) is 5.92 Å². The van der Waals surface area contributed by atoms with Crippen molar-refractivity contribution in [3.05, 3.63) is 35.9 Å². The van der Waals surface area contributed by atoms with Crippen molar-refractivity contribution in [1.29, 1.82) is 0 Å². The van der Waals surface area contributed by atoms with E-state index < -0.39 is 114 Å². The fourth-order valence-electron chi connectivity index (χ4n) is 9.26. The molecule has 1 heterocycles. The van der Waals surface area contributed by atoms with Crippen molar-refractivity contribution >= 4 is 71.1 Å². The molecule has 0 radical (unpaired) electrons. The molecule has 0 aliphatic carbocycles. The van der Waals surface area contributed by atoms with Crippen molar-refractivity contribution in [2.45, 2.75) is 184 Å². The van der Waals surface area contributed by atoms with Crippen LogP contribution in [0.25, 0.3) is 0 Å². The topological polar surface area (TPSA) is 523 Å². The zero-order chi connectivity index (χ0) is 63.4. The molecule has 9 amide bonds. The van der Waals surface area contributed by atoms with Gasteiger partial charge < -0.3 is 98.4 Å². The van der Waals surface area contributed by atoms with Crippen LogP contribution >= 0.6 is 0 Å². The lowest BCUT2D eigenvalue weighted by Crippen LogP contribution is -2.60. The first-order valence-electron chi connectivity index (χ1n) is 29.4. The largest absolute Gasteiger partial charge is 0.480 e. The van der Waals surface area contributed by atoms with E-state index in [-0.39, 0.29) is 94.7 Å². The van der Waals surface area contributed by atoms with Crippen LogP contribution in [0.2, 0.25) is 0 Å².